The first-order valence-corrected chi connectivity index (χ1v) is 8.42. The lowest BCUT2D eigenvalue weighted by atomic mass is 9.86. The maximum atomic E-state index is 13.9. The van der Waals surface area contributed by atoms with Gasteiger partial charge in [0.15, 0.2) is 17.5 Å². The van der Waals surface area contributed by atoms with Crippen molar-refractivity contribution < 1.29 is 37.4 Å². The molecule has 1 aromatic carbocycles. The van der Waals surface area contributed by atoms with Crippen LogP contribution in [0.2, 0.25) is 0 Å². The van der Waals surface area contributed by atoms with E-state index in [0.717, 1.165) is 24.1 Å². The number of anilines is 1. The van der Waals surface area contributed by atoms with Crippen LogP contribution in [0.25, 0.3) is 0 Å². The maximum absolute atomic E-state index is 13.9. The van der Waals surface area contributed by atoms with Crippen LogP contribution < -0.4 is 11.2 Å². The average Bonchev–Trinajstić information content (AvgIpc) is 2.93. The van der Waals surface area contributed by atoms with Crippen molar-refractivity contribution in [3.8, 4) is 0 Å². The van der Waals surface area contributed by atoms with Crippen molar-refractivity contribution in [1.29, 1.82) is 0 Å². The number of rotatable bonds is 5. The molecule has 1 heterocycles. The minimum absolute atomic E-state index is 0. The molecular formula is C18H20F6N4O2. The Kier molecular flexibility index (Phi) is 6.50. The van der Waals surface area contributed by atoms with E-state index in [2.05, 4.69) is 6.58 Å². The van der Waals surface area contributed by atoms with Crippen LogP contribution in [0.5, 0.6) is 0 Å². The average molecular weight is 438 g/mol. The largest absolute Gasteiger partial charge is 0.432 e. The molecule has 1 saturated heterocycles. The van der Waals surface area contributed by atoms with Crippen molar-refractivity contribution >= 4 is 17.5 Å². The maximum Gasteiger partial charge on any atom is 0.432 e. The Balaban J connectivity index is 0.00000480. The number of nitrogens with two attached hydrogens (primary N) is 1. The van der Waals surface area contributed by atoms with E-state index in [1.165, 1.54) is 7.05 Å². The Hall–Kier alpha value is -3.02. The molecule has 0 unspecified atom stereocenters. The van der Waals surface area contributed by atoms with Crippen LogP contribution in [0.4, 0.5) is 32.0 Å². The summed E-state index contributed by atoms with van der Waals surface area (Å²) in [6.07, 6.45) is -4.09. The predicted molar refractivity (Wildman–Crippen MR) is 96.9 cm³/mol. The molecule has 2 atom stereocenters. The van der Waals surface area contributed by atoms with E-state index in [-0.39, 0.29) is 7.97 Å². The molecule has 0 aliphatic carbocycles. The van der Waals surface area contributed by atoms with Crippen molar-refractivity contribution in [1.82, 2.24) is 9.91 Å². The second kappa shape index (κ2) is 8.38. The van der Waals surface area contributed by atoms with Gasteiger partial charge in [-0.3, -0.25) is 9.59 Å². The smallest absolute Gasteiger partial charge is 0.344 e. The number of carbonyl (C=O) groups is 2. The Morgan fingerprint density at radius 1 is 1.33 bits per heavy atom. The van der Waals surface area contributed by atoms with Crippen LogP contribution in [0, 0.1) is 29.3 Å². The van der Waals surface area contributed by atoms with Gasteiger partial charge in [0.25, 0.3) is 0 Å². The number of alkyl halides is 3. The number of halogens is 6. The lowest BCUT2D eigenvalue weighted by Crippen LogP contribution is -2.38. The zero-order valence-corrected chi connectivity index (χ0v) is 15.9. The zero-order chi connectivity index (χ0) is 23.0. The number of allylic oxidation sites excluding steroid dienone is 2. The van der Waals surface area contributed by atoms with Gasteiger partial charge in [-0.05, 0) is 17.7 Å². The summed E-state index contributed by atoms with van der Waals surface area (Å²) in [7, 11) is 2.19. The summed E-state index contributed by atoms with van der Waals surface area (Å²) >= 11 is 0. The fourth-order valence-corrected chi connectivity index (χ4v) is 3.30. The monoisotopic (exact) mass is 438 g/mol. The summed E-state index contributed by atoms with van der Waals surface area (Å²) in [6.45, 7) is 3.05. The molecule has 0 bridgehead atoms. The van der Waals surface area contributed by atoms with Crippen LogP contribution in [0.15, 0.2) is 36.1 Å². The molecule has 0 spiro atoms. The second-order valence-corrected chi connectivity index (χ2v) is 6.63. The topological polar surface area (TPSA) is 78.7 Å². The lowest BCUT2D eigenvalue weighted by molar-refractivity contribution is -0.135. The molecule has 0 saturated carbocycles. The van der Waals surface area contributed by atoms with Crippen molar-refractivity contribution in [3.05, 3.63) is 53.5 Å². The lowest BCUT2D eigenvalue weighted by Gasteiger charge is -2.26. The van der Waals surface area contributed by atoms with E-state index < -0.39 is 64.2 Å². The molecular weight excluding hydrogens is 418 g/mol. The summed E-state index contributed by atoms with van der Waals surface area (Å²) in [6, 6.07) is 1.27. The minimum Gasteiger partial charge on any atom is -0.344 e. The Labute approximate surface area is 169 Å². The number of hydrogen-bond donors (Lipinski definition) is 2. The second-order valence-electron chi connectivity index (χ2n) is 6.63. The summed E-state index contributed by atoms with van der Waals surface area (Å²) in [5, 5.41) is 2.23. The van der Waals surface area contributed by atoms with E-state index in [9.17, 15) is 35.9 Å². The number of benzene rings is 1. The van der Waals surface area contributed by atoms with Gasteiger partial charge in [-0.15, -0.1) is 0 Å². The summed E-state index contributed by atoms with van der Waals surface area (Å²) in [5.41, 5.74) is -2.60. The van der Waals surface area contributed by atoms with Crippen LogP contribution in [0.1, 0.15) is 1.43 Å². The van der Waals surface area contributed by atoms with Crippen molar-refractivity contribution in [3.63, 3.8) is 0 Å². The molecule has 1 aliphatic rings. The normalized spacial score (nSPS) is 20.2. The van der Waals surface area contributed by atoms with Crippen molar-refractivity contribution in [2.75, 3.05) is 26.0 Å². The van der Waals surface area contributed by atoms with Crippen molar-refractivity contribution in [2.24, 2.45) is 17.7 Å². The summed E-state index contributed by atoms with van der Waals surface area (Å²) in [5.74, 6) is -4.85. The van der Waals surface area contributed by atoms with Gasteiger partial charge in [0.2, 0.25) is 11.8 Å². The number of nitrogens with one attached hydrogen (secondary N) is 1. The highest BCUT2D eigenvalue weighted by atomic mass is 19.4. The fraction of sp³-hybridized carbons (Fsp3) is 0.333. The fourth-order valence-electron chi connectivity index (χ4n) is 3.30. The first-order valence-electron chi connectivity index (χ1n) is 8.42. The first-order chi connectivity index (χ1) is 13.8. The highest BCUT2D eigenvalue weighted by molar-refractivity contribution is 6.08. The van der Waals surface area contributed by atoms with Gasteiger partial charge in [0.1, 0.15) is 11.6 Å². The van der Waals surface area contributed by atoms with E-state index in [4.69, 9.17) is 5.84 Å². The van der Waals surface area contributed by atoms with E-state index >= 15 is 0 Å². The van der Waals surface area contributed by atoms with Gasteiger partial charge >= 0.3 is 6.18 Å². The van der Waals surface area contributed by atoms with Gasteiger partial charge in [-0.2, -0.15) is 13.2 Å². The third-order valence-corrected chi connectivity index (χ3v) is 4.60. The van der Waals surface area contributed by atoms with E-state index in [0.29, 0.717) is 11.1 Å². The molecule has 3 N–H and O–H groups in total. The molecule has 2 rings (SSSR count). The van der Waals surface area contributed by atoms with Gasteiger partial charge < -0.3 is 15.2 Å². The Morgan fingerprint density at radius 3 is 2.43 bits per heavy atom. The number of hydrogen-bond acceptors (Lipinski definition) is 4. The molecule has 166 valence electrons. The molecule has 2 amide bonds. The van der Waals surface area contributed by atoms with Gasteiger partial charge in [-0.25, -0.2) is 19.0 Å². The van der Waals surface area contributed by atoms with E-state index in [1.54, 1.807) is 0 Å². The van der Waals surface area contributed by atoms with Gasteiger partial charge in [0.05, 0.1) is 5.69 Å². The zero-order valence-electron chi connectivity index (χ0n) is 15.9. The molecule has 1 fully saturated rings. The number of nitrogens with zero attached hydrogens (tertiary/aromatic N) is 2. The molecule has 1 aliphatic heterocycles. The molecule has 0 radical (unpaired) electrons. The summed E-state index contributed by atoms with van der Waals surface area (Å²) in [4.78, 5) is 26.2. The van der Waals surface area contributed by atoms with Crippen molar-refractivity contribution in [2.45, 2.75) is 6.18 Å². The van der Waals surface area contributed by atoms with Crippen LogP contribution >= 0.6 is 0 Å². The SMILES string of the molecule is C=C/C(=C(\N(C)N)C(F)(F)F)[C@H]1CN(C)C(=O)[C@@H]1C(=O)Nc1ccc(F)c(F)c1F.[HH]. The molecule has 1 aromatic rings. The number of carbonyl (C=O) groups excluding carboxylic acids is 2. The highest BCUT2D eigenvalue weighted by Crippen LogP contribution is 2.38. The van der Waals surface area contributed by atoms with E-state index in [1.807, 2.05) is 5.32 Å². The predicted octanol–water partition coefficient (Wildman–Crippen LogP) is 2.80. The van der Waals surface area contributed by atoms with Gasteiger partial charge in [0, 0.05) is 28.0 Å². The molecule has 12 heteroatoms. The summed E-state index contributed by atoms with van der Waals surface area (Å²) < 4.78 is 80.9. The highest BCUT2D eigenvalue weighted by Gasteiger charge is 2.48. The van der Waals surface area contributed by atoms with Gasteiger partial charge in [-0.1, -0.05) is 12.7 Å². The first kappa shape index (κ1) is 23.3. The molecule has 30 heavy (non-hydrogen) atoms. The molecule has 0 aromatic heterocycles. The number of amides is 2. The number of likely N-dealkylation sites (tertiary alicyclic amines) is 1. The Bertz CT molecular complexity index is 919. The van der Waals surface area contributed by atoms with Crippen LogP contribution in [-0.4, -0.2) is 48.5 Å². The third-order valence-electron chi connectivity index (χ3n) is 4.60. The minimum atomic E-state index is -4.93. The quantitative estimate of drug-likeness (QED) is 0.185. The van der Waals surface area contributed by atoms with Crippen LogP contribution in [-0.2, 0) is 9.59 Å². The number of hydrazine groups is 1. The third kappa shape index (κ3) is 4.27. The Morgan fingerprint density at radius 2 is 1.93 bits per heavy atom. The molecule has 6 nitrogen and oxygen atoms in total. The van der Waals surface area contributed by atoms with Crippen LogP contribution in [0.3, 0.4) is 0 Å². The standard InChI is InChI=1S/C18H18F6N4O2.H2/c1-4-8(15(28(3)25)18(22,23)24)9-7-27(2)17(30)12(9)16(29)26-11-6-5-10(19)13(20)14(11)21;/h4-6,9,12H,1,7,25H2,2-3H3,(H,26,29);1H/b15-8+;/t9-,12+;/m1./s1.